The van der Waals surface area contributed by atoms with Crippen LogP contribution in [-0.2, 0) is 9.53 Å². The van der Waals surface area contributed by atoms with Crippen LogP contribution in [0.1, 0.15) is 18.1 Å². The van der Waals surface area contributed by atoms with Crippen molar-refractivity contribution in [1.82, 2.24) is 4.90 Å². The molecule has 0 bridgehead atoms. The number of aldehydes is 1. The van der Waals surface area contributed by atoms with Gasteiger partial charge < -0.3 is 15.3 Å². The van der Waals surface area contributed by atoms with Crippen molar-refractivity contribution in [3.8, 4) is 0 Å². The van der Waals surface area contributed by atoms with E-state index in [1.165, 1.54) is 0 Å². The van der Waals surface area contributed by atoms with Crippen molar-refractivity contribution in [2.45, 2.75) is 18.6 Å². The maximum absolute atomic E-state index is 11.0. The first-order valence-corrected chi connectivity index (χ1v) is 5.67. The molecule has 98 valence electrons. The lowest BCUT2D eigenvalue weighted by atomic mass is 10.0. The predicted molar refractivity (Wildman–Crippen MR) is 68.0 cm³/mol. The Morgan fingerprint density at radius 3 is 2.44 bits per heavy atom. The fourth-order valence-electron chi connectivity index (χ4n) is 1.67. The van der Waals surface area contributed by atoms with E-state index in [9.17, 15) is 9.59 Å². The molecule has 0 aliphatic heterocycles. The van der Waals surface area contributed by atoms with Gasteiger partial charge in [-0.1, -0.05) is 30.3 Å². The first kappa shape index (κ1) is 14.2. The zero-order valence-corrected chi connectivity index (χ0v) is 10.6. The fourth-order valence-corrected chi connectivity index (χ4v) is 1.67. The zero-order chi connectivity index (χ0) is 13.5. The van der Waals surface area contributed by atoms with Crippen molar-refractivity contribution >= 4 is 12.4 Å². The smallest absolute Gasteiger partial charge is 0.405 e. The van der Waals surface area contributed by atoms with Crippen LogP contribution in [-0.4, -0.2) is 37.4 Å². The van der Waals surface area contributed by atoms with E-state index in [1.807, 2.05) is 30.3 Å². The van der Waals surface area contributed by atoms with Crippen LogP contribution in [0.4, 0.5) is 4.79 Å². The van der Waals surface area contributed by atoms with Gasteiger partial charge in [0.05, 0.1) is 6.04 Å². The molecule has 0 aliphatic rings. The molecular formula is C13H18N2O3. The van der Waals surface area contributed by atoms with Crippen LogP contribution in [0.3, 0.4) is 0 Å². The van der Waals surface area contributed by atoms with Crippen molar-refractivity contribution in [2.75, 3.05) is 14.1 Å². The molecule has 18 heavy (non-hydrogen) atoms. The minimum atomic E-state index is -0.841. The Balaban J connectivity index is 2.85. The van der Waals surface area contributed by atoms with Gasteiger partial charge in [-0.2, -0.15) is 0 Å². The summed E-state index contributed by atoms with van der Waals surface area (Å²) in [6.45, 7) is 0. The highest BCUT2D eigenvalue weighted by molar-refractivity contribution is 5.65. The summed E-state index contributed by atoms with van der Waals surface area (Å²) in [5, 5.41) is 0. The van der Waals surface area contributed by atoms with E-state index in [0.29, 0.717) is 6.42 Å². The maximum atomic E-state index is 11.0. The topological polar surface area (TPSA) is 72.6 Å². The summed E-state index contributed by atoms with van der Waals surface area (Å²) in [5.41, 5.74) is 5.88. The van der Waals surface area contributed by atoms with Crippen LogP contribution in [0.15, 0.2) is 30.3 Å². The molecule has 0 fully saturated rings. The standard InChI is InChI=1S/C13H18N2O3/c1-15(2)11(9-16)8-12(18-13(14)17)10-6-4-3-5-7-10/h3-7,9,11-12H,8H2,1-2H3,(H2,14,17). The average molecular weight is 250 g/mol. The minimum absolute atomic E-state index is 0.324. The van der Waals surface area contributed by atoms with Crippen molar-refractivity contribution in [1.29, 1.82) is 0 Å². The molecule has 2 unspecified atom stereocenters. The number of ether oxygens (including phenoxy) is 1. The van der Waals surface area contributed by atoms with Gasteiger partial charge in [-0.05, 0) is 19.7 Å². The molecule has 2 N–H and O–H groups in total. The largest absolute Gasteiger partial charge is 0.441 e. The second-order valence-electron chi connectivity index (χ2n) is 4.24. The zero-order valence-electron chi connectivity index (χ0n) is 10.6. The third-order valence-corrected chi connectivity index (χ3v) is 2.71. The highest BCUT2D eigenvalue weighted by atomic mass is 16.6. The number of hydrogen-bond donors (Lipinski definition) is 1. The number of carbonyl (C=O) groups excluding carboxylic acids is 2. The average Bonchev–Trinajstić information content (AvgIpc) is 2.34. The number of carbonyl (C=O) groups is 2. The molecule has 0 spiro atoms. The van der Waals surface area contributed by atoms with Gasteiger partial charge in [0.15, 0.2) is 0 Å². The molecule has 1 aromatic carbocycles. The minimum Gasteiger partial charge on any atom is -0.441 e. The van der Waals surface area contributed by atoms with Gasteiger partial charge >= 0.3 is 6.09 Å². The molecular weight excluding hydrogens is 232 g/mol. The molecule has 5 nitrogen and oxygen atoms in total. The summed E-state index contributed by atoms with van der Waals surface area (Å²) in [7, 11) is 3.59. The van der Waals surface area contributed by atoms with Gasteiger partial charge in [-0.15, -0.1) is 0 Å². The van der Waals surface area contributed by atoms with Gasteiger partial charge in [-0.25, -0.2) is 4.79 Å². The van der Waals surface area contributed by atoms with E-state index in [1.54, 1.807) is 19.0 Å². The summed E-state index contributed by atoms with van der Waals surface area (Å²) in [6, 6.07) is 8.91. The Morgan fingerprint density at radius 1 is 1.39 bits per heavy atom. The van der Waals surface area contributed by atoms with Crippen molar-refractivity contribution < 1.29 is 14.3 Å². The molecule has 0 saturated carbocycles. The SMILES string of the molecule is CN(C)C(C=O)CC(OC(N)=O)c1ccccc1. The van der Waals surface area contributed by atoms with Crippen molar-refractivity contribution in [2.24, 2.45) is 5.73 Å². The molecule has 5 heteroatoms. The molecule has 0 saturated heterocycles. The first-order valence-electron chi connectivity index (χ1n) is 5.67. The first-order chi connectivity index (χ1) is 8.54. The monoisotopic (exact) mass is 250 g/mol. The van der Waals surface area contributed by atoms with Crippen molar-refractivity contribution in [3.63, 3.8) is 0 Å². The number of rotatable bonds is 6. The molecule has 1 amide bonds. The molecule has 1 rings (SSSR count). The summed E-state index contributed by atoms with van der Waals surface area (Å²) in [4.78, 5) is 23.7. The van der Waals surface area contributed by atoms with Gasteiger partial charge in [0, 0.05) is 6.42 Å². The molecule has 0 heterocycles. The number of nitrogens with two attached hydrogens (primary N) is 1. The molecule has 0 radical (unpaired) electrons. The summed E-state index contributed by atoms with van der Waals surface area (Å²) in [6.07, 6.45) is -0.141. The van der Waals surface area contributed by atoms with Gasteiger partial charge in [0.25, 0.3) is 0 Å². The van der Waals surface area contributed by atoms with Gasteiger partial charge in [-0.3, -0.25) is 4.90 Å². The van der Waals surface area contributed by atoms with Crippen LogP contribution in [0.2, 0.25) is 0 Å². The lowest BCUT2D eigenvalue weighted by Crippen LogP contribution is -2.32. The maximum Gasteiger partial charge on any atom is 0.405 e. The Kier molecular flexibility index (Phi) is 5.32. The van der Waals surface area contributed by atoms with E-state index in [4.69, 9.17) is 10.5 Å². The molecule has 0 aromatic heterocycles. The predicted octanol–water partition coefficient (Wildman–Crippen LogP) is 1.34. The fraction of sp³-hybridized carbons (Fsp3) is 0.385. The van der Waals surface area contributed by atoms with Gasteiger partial charge in [0.1, 0.15) is 12.4 Å². The summed E-state index contributed by atoms with van der Waals surface area (Å²) < 4.78 is 5.07. The molecule has 1 aromatic rings. The van der Waals surface area contributed by atoms with Crippen LogP contribution < -0.4 is 5.73 Å². The number of nitrogens with zero attached hydrogens (tertiary/aromatic N) is 1. The quantitative estimate of drug-likeness (QED) is 0.773. The normalized spacial score (nSPS) is 13.9. The van der Waals surface area contributed by atoms with Crippen LogP contribution >= 0.6 is 0 Å². The Labute approximate surface area is 107 Å². The third kappa shape index (κ3) is 4.18. The number of likely N-dealkylation sites (N-methyl/N-ethyl adjacent to an activating group) is 1. The Morgan fingerprint density at radius 2 is 2.00 bits per heavy atom. The van der Waals surface area contributed by atoms with Gasteiger partial charge in [0.2, 0.25) is 0 Å². The van der Waals surface area contributed by atoms with E-state index >= 15 is 0 Å². The third-order valence-electron chi connectivity index (χ3n) is 2.71. The van der Waals surface area contributed by atoms with Crippen LogP contribution in [0, 0.1) is 0 Å². The molecule has 2 atom stereocenters. The second-order valence-corrected chi connectivity index (χ2v) is 4.24. The highest BCUT2D eigenvalue weighted by Gasteiger charge is 2.21. The summed E-state index contributed by atoms with van der Waals surface area (Å²) in [5.74, 6) is 0. The lowest BCUT2D eigenvalue weighted by Gasteiger charge is -2.24. The molecule has 0 aliphatic carbocycles. The Bertz CT molecular complexity index is 392. The van der Waals surface area contributed by atoms with E-state index in [-0.39, 0.29) is 6.04 Å². The number of hydrogen-bond acceptors (Lipinski definition) is 4. The second kappa shape index (κ2) is 6.76. The van der Waals surface area contributed by atoms with E-state index in [0.717, 1.165) is 11.8 Å². The highest BCUT2D eigenvalue weighted by Crippen LogP contribution is 2.23. The number of primary amides is 1. The van der Waals surface area contributed by atoms with E-state index in [2.05, 4.69) is 0 Å². The van der Waals surface area contributed by atoms with Crippen LogP contribution in [0.5, 0.6) is 0 Å². The lowest BCUT2D eigenvalue weighted by molar-refractivity contribution is -0.112. The number of benzene rings is 1. The van der Waals surface area contributed by atoms with E-state index < -0.39 is 12.2 Å². The van der Waals surface area contributed by atoms with Crippen molar-refractivity contribution in [3.05, 3.63) is 35.9 Å². The summed E-state index contributed by atoms with van der Waals surface area (Å²) >= 11 is 0. The Hall–Kier alpha value is -1.88. The number of amides is 1. The van der Waals surface area contributed by atoms with Crippen LogP contribution in [0.25, 0.3) is 0 Å².